The molecule has 1 saturated heterocycles. The molecule has 32 heavy (non-hydrogen) atoms. The molecule has 2 heterocycles. The quantitative estimate of drug-likeness (QED) is 0.454. The molecule has 9 nitrogen and oxygen atoms in total. The van der Waals surface area contributed by atoms with Gasteiger partial charge in [-0.2, -0.15) is 4.31 Å². The largest absolute Gasteiger partial charge is 0.431 e. The number of thioether (sulfide) groups is 1. The summed E-state index contributed by atoms with van der Waals surface area (Å²) in [6, 6.07) is 4.25. The molecule has 1 aromatic carbocycles. The zero-order valence-electron chi connectivity index (χ0n) is 18.5. The number of hydrogen-bond acceptors (Lipinski definition) is 8. The third-order valence-corrected chi connectivity index (χ3v) is 10.0. The van der Waals surface area contributed by atoms with Crippen LogP contribution in [-0.2, 0) is 24.7 Å². The fraction of sp³-hybridized carbons (Fsp3) is 0.600. The maximum absolute atomic E-state index is 12.8. The van der Waals surface area contributed by atoms with Gasteiger partial charge in [-0.3, -0.25) is 4.79 Å². The number of amides is 1. The van der Waals surface area contributed by atoms with Crippen LogP contribution in [0.2, 0.25) is 0 Å². The van der Waals surface area contributed by atoms with Crippen LogP contribution in [0.25, 0.3) is 11.1 Å². The Kier molecular flexibility index (Phi) is 7.89. The van der Waals surface area contributed by atoms with E-state index < -0.39 is 19.9 Å². The van der Waals surface area contributed by atoms with Gasteiger partial charge in [0.2, 0.25) is 15.9 Å². The summed E-state index contributed by atoms with van der Waals surface area (Å²) in [4.78, 5) is 18.9. The van der Waals surface area contributed by atoms with Gasteiger partial charge in [0.25, 0.3) is 5.22 Å². The van der Waals surface area contributed by atoms with Gasteiger partial charge in [0.1, 0.15) is 5.52 Å². The molecule has 0 radical (unpaired) electrons. The van der Waals surface area contributed by atoms with Gasteiger partial charge in [-0.1, -0.05) is 32.5 Å². The summed E-state index contributed by atoms with van der Waals surface area (Å²) < 4.78 is 56.1. The summed E-state index contributed by atoms with van der Waals surface area (Å²) in [6.45, 7) is 6.75. The van der Waals surface area contributed by atoms with Crippen molar-refractivity contribution in [1.82, 2.24) is 14.2 Å². The van der Waals surface area contributed by atoms with Gasteiger partial charge in [-0.15, -0.1) is 0 Å². The first kappa shape index (κ1) is 25.0. The minimum absolute atomic E-state index is 0.0100. The SMILES string of the molecule is CCCN(C(=O)CSc1nc2cc(S(=O)(=O)N(CC)CC)ccc2o1)[C@H]1CCS(=O)(=O)C1. The lowest BCUT2D eigenvalue weighted by Crippen LogP contribution is -2.42. The molecule has 1 aliphatic heterocycles. The molecule has 1 atom stereocenters. The Labute approximate surface area is 193 Å². The molecule has 1 aromatic heterocycles. The minimum atomic E-state index is -3.61. The standard InChI is InChI=1S/C20H29N3O6S3/c1-4-10-23(15-9-11-31(25,26)14-15)19(24)13-30-20-21-17-12-16(7-8-18(17)29-20)32(27,28)22(5-2)6-3/h7-8,12,15H,4-6,9-11,13-14H2,1-3H3/t15-/m0/s1. The molecule has 0 N–H and O–H groups in total. The molecule has 1 aliphatic rings. The van der Waals surface area contributed by atoms with E-state index in [1.807, 2.05) is 6.92 Å². The second-order valence-corrected chi connectivity index (χ2v) is 12.7. The van der Waals surface area contributed by atoms with Gasteiger partial charge >= 0.3 is 0 Å². The summed E-state index contributed by atoms with van der Waals surface area (Å²) in [5.74, 6) is 0.0256. The van der Waals surface area contributed by atoms with Crippen molar-refractivity contribution >= 4 is 48.6 Å². The number of nitrogens with zero attached hydrogens (tertiary/aromatic N) is 3. The summed E-state index contributed by atoms with van der Waals surface area (Å²) >= 11 is 1.12. The van der Waals surface area contributed by atoms with Crippen molar-refractivity contribution in [2.24, 2.45) is 0 Å². The van der Waals surface area contributed by atoms with E-state index in [1.54, 1.807) is 24.8 Å². The third-order valence-electron chi connectivity index (χ3n) is 5.44. The Balaban J connectivity index is 1.73. The second kappa shape index (κ2) is 10.1. The fourth-order valence-electron chi connectivity index (χ4n) is 3.80. The number of rotatable bonds is 10. The highest BCUT2D eigenvalue weighted by Gasteiger charge is 2.34. The lowest BCUT2D eigenvalue weighted by Gasteiger charge is -2.27. The van der Waals surface area contributed by atoms with Crippen LogP contribution < -0.4 is 0 Å². The molecule has 0 unspecified atom stereocenters. The zero-order chi connectivity index (χ0) is 23.5. The van der Waals surface area contributed by atoms with Crippen LogP contribution in [0.5, 0.6) is 0 Å². The number of aromatic nitrogens is 1. The highest BCUT2D eigenvalue weighted by atomic mass is 32.2. The van der Waals surface area contributed by atoms with Gasteiger partial charge in [0.05, 0.1) is 22.2 Å². The first-order valence-corrected chi connectivity index (χ1v) is 14.9. The minimum Gasteiger partial charge on any atom is -0.431 e. The Bertz CT molecular complexity index is 1170. The van der Waals surface area contributed by atoms with Crippen LogP contribution in [-0.4, -0.2) is 79.9 Å². The molecule has 1 fully saturated rings. The molecule has 0 bridgehead atoms. The summed E-state index contributed by atoms with van der Waals surface area (Å²) in [5.41, 5.74) is 0.839. The molecule has 1 amide bonds. The van der Waals surface area contributed by atoms with Crippen molar-refractivity contribution in [1.29, 1.82) is 0 Å². The van der Waals surface area contributed by atoms with Crippen molar-refractivity contribution in [2.45, 2.75) is 49.8 Å². The number of benzene rings is 1. The average Bonchev–Trinajstić information content (AvgIpc) is 3.32. The summed E-state index contributed by atoms with van der Waals surface area (Å²) in [6.07, 6.45) is 1.20. The maximum atomic E-state index is 12.8. The average molecular weight is 504 g/mol. The van der Waals surface area contributed by atoms with E-state index in [2.05, 4.69) is 4.98 Å². The van der Waals surface area contributed by atoms with E-state index >= 15 is 0 Å². The smallest absolute Gasteiger partial charge is 0.257 e. The first-order valence-electron chi connectivity index (χ1n) is 10.6. The topological polar surface area (TPSA) is 118 Å². The van der Waals surface area contributed by atoms with Gasteiger partial charge in [0.15, 0.2) is 15.4 Å². The van der Waals surface area contributed by atoms with E-state index in [9.17, 15) is 21.6 Å². The van der Waals surface area contributed by atoms with Crippen LogP contribution in [0.3, 0.4) is 0 Å². The van der Waals surface area contributed by atoms with Crippen molar-refractivity contribution in [2.75, 3.05) is 36.9 Å². The molecule has 0 saturated carbocycles. The number of carbonyl (C=O) groups is 1. The second-order valence-electron chi connectivity index (χ2n) is 7.63. The van der Waals surface area contributed by atoms with E-state index in [0.29, 0.717) is 37.2 Å². The predicted octanol–water partition coefficient (Wildman–Crippen LogP) is 2.38. The van der Waals surface area contributed by atoms with Crippen molar-refractivity contribution < 1.29 is 26.0 Å². The van der Waals surface area contributed by atoms with Crippen molar-refractivity contribution in [3.05, 3.63) is 18.2 Å². The van der Waals surface area contributed by atoms with Crippen molar-refractivity contribution in [3.63, 3.8) is 0 Å². The predicted molar refractivity (Wildman–Crippen MR) is 124 cm³/mol. The summed E-state index contributed by atoms with van der Waals surface area (Å²) in [5, 5.41) is 0.265. The third kappa shape index (κ3) is 5.46. The van der Waals surface area contributed by atoms with Crippen molar-refractivity contribution in [3.8, 4) is 0 Å². The Hall–Kier alpha value is -1.63. The normalized spacial score (nSPS) is 18.4. The molecular formula is C20H29N3O6S3. The van der Waals surface area contributed by atoms with Crippen LogP contribution in [0.15, 0.2) is 32.7 Å². The van der Waals surface area contributed by atoms with E-state index in [-0.39, 0.29) is 39.3 Å². The van der Waals surface area contributed by atoms with Gasteiger partial charge in [-0.05, 0) is 31.0 Å². The van der Waals surface area contributed by atoms with Crippen LogP contribution in [0.1, 0.15) is 33.6 Å². The maximum Gasteiger partial charge on any atom is 0.257 e. The number of carbonyl (C=O) groups excluding carboxylic acids is 1. The number of oxazole rings is 1. The number of fused-ring (bicyclic) bond motifs is 1. The molecule has 0 spiro atoms. The van der Waals surface area contributed by atoms with E-state index in [1.165, 1.54) is 16.4 Å². The Morgan fingerprint density at radius 2 is 1.97 bits per heavy atom. The Morgan fingerprint density at radius 1 is 1.25 bits per heavy atom. The molecule has 2 aromatic rings. The molecular weight excluding hydrogens is 474 g/mol. The zero-order valence-corrected chi connectivity index (χ0v) is 20.9. The fourth-order valence-corrected chi connectivity index (χ4v) is 7.73. The van der Waals surface area contributed by atoms with Gasteiger partial charge < -0.3 is 9.32 Å². The highest BCUT2D eigenvalue weighted by molar-refractivity contribution is 7.99. The molecule has 0 aliphatic carbocycles. The highest BCUT2D eigenvalue weighted by Crippen LogP contribution is 2.27. The lowest BCUT2D eigenvalue weighted by molar-refractivity contribution is -0.130. The van der Waals surface area contributed by atoms with Gasteiger partial charge in [0, 0.05) is 25.7 Å². The molecule has 3 rings (SSSR count). The number of sulfonamides is 1. The number of sulfone groups is 1. The van der Waals surface area contributed by atoms with Crippen LogP contribution in [0, 0.1) is 0 Å². The van der Waals surface area contributed by atoms with Crippen LogP contribution >= 0.6 is 11.8 Å². The first-order chi connectivity index (χ1) is 15.1. The molecule has 12 heteroatoms. The lowest BCUT2D eigenvalue weighted by atomic mass is 10.2. The summed E-state index contributed by atoms with van der Waals surface area (Å²) in [7, 11) is -6.70. The van der Waals surface area contributed by atoms with E-state index in [0.717, 1.165) is 18.2 Å². The molecule has 178 valence electrons. The Morgan fingerprint density at radius 3 is 2.56 bits per heavy atom. The van der Waals surface area contributed by atoms with Gasteiger partial charge in [-0.25, -0.2) is 21.8 Å². The van der Waals surface area contributed by atoms with Crippen LogP contribution in [0.4, 0.5) is 0 Å². The van der Waals surface area contributed by atoms with E-state index in [4.69, 9.17) is 4.42 Å². The number of hydrogen-bond donors (Lipinski definition) is 0. The monoisotopic (exact) mass is 503 g/mol.